The molecular formula is C18H20N2O3. The first-order chi connectivity index (χ1) is 11.1. The number of rotatable bonds is 5. The number of carbonyl (C=O) groups excluding carboxylic acids is 1. The van der Waals surface area contributed by atoms with Gasteiger partial charge in [-0.1, -0.05) is 18.9 Å². The lowest BCUT2D eigenvalue weighted by Gasteiger charge is -2.28. The van der Waals surface area contributed by atoms with Crippen molar-refractivity contribution in [2.75, 3.05) is 0 Å². The van der Waals surface area contributed by atoms with E-state index in [4.69, 9.17) is 5.11 Å². The molecule has 1 aromatic heterocycles. The Labute approximate surface area is 134 Å². The summed E-state index contributed by atoms with van der Waals surface area (Å²) in [5.41, 5.74) is 0.848. The Hall–Kier alpha value is -2.56. The maximum absolute atomic E-state index is 12.6. The molecule has 5 heteroatoms. The summed E-state index contributed by atoms with van der Waals surface area (Å²) in [6.07, 6.45) is 7.18. The molecule has 2 aromatic rings. The number of hydrogen-bond acceptors (Lipinski definition) is 2. The summed E-state index contributed by atoms with van der Waals surface area (Å²) in [7, 11) is 0. The molecule has 120 valence electrons. The van der Waals surface area contributed by atoms with Crippen LogP contribution in [-0.2, 0) is 4.79 Å². The van der Waals surface area contributed by atoms with Crippen molar-refractivity contribution in [1.29, 1.82) is 0 Å². The second-order valence-corrected chi connectivity index (χ2v) is 6.15. The predicted octanol–water partition coefficient (Wildman–Crippen LogP) is 2.99. The van der Waals surface area contributed by atoms with Gasteiger partial charge >= 0.3 is 5.97 Å². The van der Waals surface area contributed by atoms with Crippen molar-refractivity contribution in [2.45, 2.75) is 37.6 Å². The van der Waals surface area contributed by atoms with Crippen molar-refractivity contribution in [3.05, 3.63) is 54.4 Å². The Morgan fingerprint density at radius 1 is 1.13 bits per heavy atom. The highest BCUT2D eigenvalue weighted by atomic mass is 16.4. The van der Waals surface area contributed by atoms with Crippen LogP contribution >= 0.6 is 0 Å². The molecule has 1 saturated carbocycles. The third-order valence-corrected chi connectivity index (χ3v) is 4.44. The Bertz CT molecular complexity index is 701. The zero-order chi connectivity index (χ0) is 16.3. The fourth-order valence-corrected chi connectivity index (χ4v) is 3.31. The summed E-state index contributed by atoms with van der Waals surface area (Å²) in [6.45, 7) is 0. The van der Waals surface area contributed by atoms with Gasteiger partial charge in [0.05, 0.1) is 12.0 Å². The lowest BCUT2D eigenvalue weighted by Crippen LogP contribution is -2.47. The molecule has 0 unspecified atom stereocenters. The van der Waals surface area contributed by atoms with Gasteiger partial charge in [0.15, 0.2) is 0 Å². The SMILES string of the molecule is O=C(O)CC1(NC(=O)c2cccc(-n3cccc3)c2)CCCC1. The summed E-state index contributed by atoms with van der Waals surface area (Å²) < 4.78 is 1.93. The van der Waals surface area contributed by atoms with Gasteiger partial charge in [0, 0.05) is 23.6 Å². The van der Waals surface area contributed by atoms with Crippen molar-refractivity contribution < 1.29 is 14.7 Å². The van der Waals surface area contributed by atoms with Crippen molar-refractivity contribution in [3.8, 4) is 5.69 Å². The van der Waals surface area contributed by atoms with Crippen LogP contribution in [0.3, 0.4) is 0 Å². The first kappa shape index (κ1) is 15.3. The van der Waals surface area contributed by atoms with Crippen LogP contribution in [0.4, 0.5) is 0 Å². The topological polar surface area (TPSA) is 71.3 Å². The van der Waals surface area contributed by atoms with Crippen LogP contribution in [0.5, 0.6) is 0 Å². The number of carboxylic acid groups (broad SMARTS) is 1. The molecule has 1 aliphatic rings. The van der Waals surface area contributed by atoms with Crippen LogP contribution in [0.1, 0.15) is 42.5 Å². The largest absolute Gasteiger partial charge is 0.481 e. The summed E-state index contributed by atoms with van der Waals surface area (Å²) in [5, 5.41) is 12.1. The number of amides is 1. The summed E-state index contributed by atoms with van der Waals surface area (Å²) in [5.74, 6) is -1.07. The zero-order valence-electron chi connectivity index (χ0n) is 12.9. The number of nitrogens with one attached hydrogen (secondary N) is 1. The van der Waals surface area contributed by atoms with E-state index in [9.17, 15) is 9.59 Å². The van der Waals surface area contributed by atoms with Crippen molar-refractivity contribution in [3.63, 3.8) is 0 Å². The molecule has 0 atom stereocenters. The minimum Gasteiger partial charge on any atom is -0.481 e. The first-order valence-corrected chi connectivity index (χ1v) is 7.86. The molecule has 0 bridgehead atoms. The van der Waals surface area contributed by atoms with Crippen LogP contribution in [0, 0.1) is 0 Å². The Balaban J connectivity index is 1.80. The summed E-state index contributed by atoms with van der Waals surface area (Å²) in [4.78, 5) is 23.7. The van der Waals surface area contributed by atoms with Crippen molar-refractivity contribution in [2.24, 2.45) is 0 Å². The second kappa shape index (κ2) is 6.28. The average Bonchev–Trinajstić information content (AvgIpc) is 3.19. The van der Waals surface area contributed by atoms with Gasteiger partial charge in [0.25, 0.3) is 5.91 Å². The highest BCUT2D eigenvalue weighted by Gasteiger charge is 2.37. The average molecular weight is 312 g/mol. The number of benzene rings is 1. The fraction of sp³-hybridized carbons (Fsp3) is 0.333. The predicted molar refractivity (Wildman–Crippen MR) is 86.7 cm³/mol. The zero-order valence-corrected chi connectivity index (χ0v) is 12.9. The van der Waals surface area contributed by atoms with Gasteiger partial charge in [-0.2, -0.15) is 0 Å². The van der Waals surface area contributed by atoms with Gasteiger partial charge in [-0.15, -0.1) is 0 Å². The highest BCUT2D eigenvalue weighted by molar-refractivity contribution is 5.95. The first-order valence-electron chi connectivity index (χ1n) is 7.86. The van der Waals surface area contributed by atoms with E-state index < -0.39 is 11.5 Å². The molecule has 1 aromatic carbocycles. The molecule has 0 spiro atoms. The van der Waals surface area contributed by atoms with Gasteiger partial charge in [-0.3, -0.25) is 9.59 Å². The van der Waals surface area contributed by atoms with Crippen LogP contribution in [0.25, 0.3) is 5.69 Å². The van der Waals surface area contributed by atoms with Gasteiger partial charge in [0.1, 0.15) is 0 Å². The van der Waals surface area contributed by atoms with Crippen molar-refractivity contribution >= 4 is 11.9 Å². The molecule has 0 radical (unpaired) electrons. The van der Waals surface area contributed by atoms with Crippen LogP contribution in [0.15, 0.2) is 48.8 Å². The lowest BCUT2D eigenvalue weighted by molar-refractivity contribution is -0.138. The quantitative estimate of drug-likeness (QED) is 0.891. The molecular weight excluding hydrogens is 292 g/mol. The molecule has 23 heavy (non-hydrogen) atoms. The van der Waals surface area contributed by atoms with Gasteiger partial charge in [-0.05, 0) is 43.2 Å². The summed E-state index contributed by atoms with van der Waals surface area (Å²) >= 11 is 0. The Kier molecular flexibility index (Phi) is 4.19. The normalized spacial score (nSPS) is 16.2. The minimum atomic E-state index is -0.867. The maximum atomic E-state index is 12.6. The number of nitrogens with zero attached hydrogens (tertiary/aromatic N) is 1. The molecule has 0 aliphatic heterocycles. The van der Waals surface area contributed by atoms with E-state index in [1.54, 1.807) is 6.07 Å². The van der Waals surface area contributed by atoms with E-state index in [2.05, 4.69) is 5.32 Å². The maximum Gasteiger partial charge on any atom is 0.305 e. The van der Waals surface area contributed by atoms with E-state index in [1.165, 1.54) is 0 Å². The van der Waals surface area contributed by atoms with Crippen molar-refractivity contribution in [1.82, 2.24) is 9.88 Å². The number of aromatic nitrogens is 1. The van der Waals surface area contributed by atoms with Gasteiger partial charge in [-0.25, -0.2) is 0 Å². The van der Waals surface area contributed by atoms with E-state index in [1.807, 2.05) is 47.3 Å². The van der Waals surface area contributed by atoms with Gasteiger partial charge < -0.3 is 15.0 Å². The lowest BCUT2D eigenvalue weighted by atomic mass is 9.92. The third-order valence-electron chi connectivity index (χ3n) is 4.44. The smallest absolute Gasteiger partial charge is 0.305 e. The monoisotopic (exact) mass is 312 g/mol. The third kappa shape index (κ3) is 3.44. The molecule has 5 nitrogen and oxygen atoms in total. The van der Waals surface area contributed by atoms with Crippen LogP contribution in [0.2, 0.25) is 0 Å². The molecule has 1 heterocycles. The highest BCUT2D eigenvalue weighted by Crippen LogP contribution is 2.33. The molecule has 2 N–H and O–H groups in total. The second-order valence-electron chi connectivity index (χ2n) is 6.15. The van der Waals surface area contributed by atoms with Crippen LogP contribution in [-0.4, -0.2) is 27.1 Å². The molecule has 0 saturated heterocycles. The molecule has 1 fully saturated rings. The van der Waals surface area contributed by atoms with E-state index in [-0.39, 0.29) is 12.3 Å². The fourth-order valence-electron chi connectivity index (χ4n) is 3.31. The van der Waals surface area contributed by atoms with E-state index in [0.717, 1.165) is 31.4 Å². The van der Waals surface area contributed by atoms with Crippen LogP contribution < -0.4 is 5.32 Å². The summed E-state index contributed by atoms with van der Waals surface area (Å²) in [6, 6.07) is 11.2. The molecule has 1 amide bonds. The van der Waals surface area contributed by atoms with E-state index >= 15 is 0 Å². The Morgan fingerprint density at radius 3 is 2.48 bits per heavy atom. The number of carbonyl (C=O) groups is 2. The standard InChI is InChI=1S/C18H20N2O3/c21-16(22)13-18(8-1-2-9-18)19-17(23)14-6-5-7-15(12-14)20-10-3-4-11-20/h3-7,10-12H,1-2,8-9,13H2,(H,19,23)(H,21,22). The molecule has 1 aliphatic carbocycles. The Morgan fingerprint density at radius 2 is 1.83 bits per heavy atom. The van der Waals surface area contributed by atoms with E-state index in [0.29, 0.717) is 5.56 Å². The van der Waals surface area contributed by atoms with Gasteiger partial charge in [0.2, 0.25) is 0 Å². The number of aliphatic carboxylic acids is 1. The minimum absolute atomic E-state index is 0.0178. The molecule has 3 rings (SSSR count). The number of carboxylic acids is 1. The number of hydrogen-bond donors (Lipinski definition) is 2.